The minimum atomic E-state index is -0.237. The third kappa shape index (κ3) is 1.00. The van der Waals surface area contributed by atoms with Gasteiger partial charge in [0, 0.05) is 24.9 Å². The van der Waals surface area contributed by atoms with E-state index in [0.717, 1.165) is 0 Å². The minimum absolute atomic E-state index is 0.237. The molecule has 1 saturated heterocycles. The van der Waals surface area contributed by atoms with Crippen molar-refractivity contribution in [2.45, 2.75) is 6.42 Å². The molecule has 1 aliphatic rings. The molecule has 54 valence electrons. The van der Waals surface area contributed by atoms with E-state index in [4.69, 9.17) is 11.1 Å². The summed E-state index contributed by atoms with van der Waals surface area (Å²) in [5.74, 6) is -0.237. The lowest BCUT2D eigenvalue weighted by molar-refractivity contribution is -0.117. The first kappa shape index (κ1) is 6.80. The van der Waals surface area contributed by atoms with Crippen LogP contribution in [0.3, 0.4) is 0 Å². The van der Waals surface area contributed by atoms with E-state index < -0.39 is 0 Å². The first-order chi connectivity index (χ1) is 4.75. The Balaban J connectivity index is 2.83. The van der Waals surface area contributed by atoms with E-state index in [1.165, 1.54) is 6.20 Å². The second-order valence-corrected chi connectivity index (χ2v) is 2.06. The molecule has 1 amide bonds. The first-order valence-electron chi connectivity index (χ1n) is 3.03. The summed E-state index contributed by atoms with van der Waals surface area (Å²) in [4.78, 5) is 10.8. The number of nitrogens with one attached hydrogen (secondary N) is 2. The van der Waals surface area contributed by atoms with Crippen molar-refractivity contribution in [3.63, 3.8) is 0 Å². The predicted molar refractivity (Wildman–Crippen MR) is 37.6 cm³/mol. The highest BCUT2D eigenvalue weighted by Gasteiger charge is 2.18. The maximum atomic E-state index is 10.8. The molecular weight excluding hydrogens is 130 g/mol. The predicted octanol–water partition coefficient (Wildman–Crippen LogP) is -0.631. The van der Waals surface area contributed by atoms with Crippen LogP contribution in [0.15, 0.2) is 11.8 Å². The number of hydrogen-bond donors (Lipinski definition) is 3. The van der Waals surface area contributed by atoms with Gasteiger partial charge < -0.3 is 16.5 Å². The van der Waals surface area contributed by atoms with Gasteiger partial charge in [-0.3, -0.25) is 4.79 Å². The Kier molecular flexibility index (Phi) is 1.71. The van der Waals surface area contributed by atoms with Crippen LogP contribution in [0.5, 0.6) is 0 Å². The smallest absolute Gasteiger partial charge is 0.254 e. The summed E-state index contributed by atoms with van der Waals surface area (Å²) in [6.07, 6.45) is 1.76. The summed E-state index contributed by atoms with van der Waals surface area (Å²) in [6, 6.07) is 0. The van der Waals surface area contributed by atoms with Crippen molar-refractivity contribution in [1.29, 1.82) is 5.41 Å². The molecule has 1 rings (SSSR count). The second kappa shape index (κ2) is 2.51. The van der Waals surface area contributed by atoms with Crippen molar-refractivity contribution in [3.8, 4) is 0 Å². The fraction of sp³-hybridized carbons (Fsp3) is 0.333. The molecule has 0 saturated carbocycles. The highest BCUT2D eigenvalue weighted by atomic mass is 16.1. The highest BCUT2D eigenvalue weighted by Crippen LogP contribution is 2.03. The van der Waals surface area contributed by atoms with E-state index in [9.17, 15) is 4.79 Å². The second-order valence-electron chi connectivity index (χ2n) is 2.06. The molecule has 10 heavy (non-hydrogen) atoms. The molecule has 1 aliphatic heterocycles. The molecule has 0 atom stereocenters. The van der Waals surface area contributed by atoms with E-state index in [-0.39, 0.29) is 5.91 Å². The van der Waals surface area contributed by atoms with Crippen LogP contribution in [0.25, 0.3) is 0 Å². The number of carbonyl (C=O) groups is 1. The zero-order valence-electron chi connectivity index (χ0n) is 5.48. The van der Waals surface area contributed by atoms with Gasteiger partial charge in [-0.05, 0) is 0 Å². The van der Waals surface area contributed by atoms with Gasteiger partial charge in [0.1, 0.15) is 0 Å². The van der Waals surface area contributed by atoms with Gasteiger partial charge in [-0.1, -0.05) is 0 Å². The Labute approximate surface area is 58.6 Å². The van der Waals surface area contributed by atoms with Gasteiger partial charge in [-0.2, -0.15) is 0 Å². The molecule has 0 radical (unpaired) electrons. The summed E-state index contributed by atoms with van der Waals surface area (Å²) >= 11 is 0. The van der Waals surface area contributed by atoms with Gasteiger partial charge in [-0.15, -0.1) is 0 Å². The first-order valence-corrected chi connectivity index (χ1v) is 3.03. The summed E-state index contributed by atoms with van der Waals surface area (Å²) in [7, 11) is 0. The third-order valence-corrected chi connectivity index (χ3v) is 1.40. The number of nitrogens with two attached hydrogens (primary N) is 1. The summed E-state index contributed by atoms with van der Waals surface area (Å²) in [6.45, 7) is 0.551. The van der Waals surface area contributed by atoms with Crippen LogP contribution >= 0.6 is 0 Å². The number of rotatable bonds is 0. The van der Waals surface area contributed by atoms with Gasteiger partial charge >= 0.3 is 0 Å². The molecule has 0 unspecified atom stereocenters. The van der Waals surface area contributed by atoms with Gasteiger partial charge in [0.05, 0.1) is 5.57 Å². The zero-order chi connectivity index (χ0) is 7.56. The monoisotopic (exact) mass is 139 g/mol. The molecule has 0 bridgehead atoms. The standard InChI is InChI=1S/C6H9N3O/c7-3-4-5(8)1-2-9-6(4)10/h3,8H,1-2,7H2,(H,9,10). The van der Waals surface area contributed by atoms with Crippen molar-refractivity contribution in [2.24, 2.45) is 5.73 Å². The van der Waals surface area contributed by atoms with Crippen molar-refractivity contribution < 1.29 is 4.79 Å². The van der Waals surface area contributed by atoms with E-state index in [0.29, 0.717) is 24.3 Å². The molecule has 0 spiro atoms. The largest absolute Gasteiger partial charge is 0.404 e. The molecule has 4 heteroatoms. The minimum Gasteiger partial charge on any atom is -0.404 e. The van der Waals surface area contributed by atoms with Crippen LogP contribution < -0.4 is 11.1 Å². The average Bonchev–Trinajstić information content (AvgIpc) is 1.88. The van der Waals surface area contributed by atoms with Crippen molar-refractivity contribution in [2.75, 3.05) is 6.54 Å². The Bertz CT molecular complexity index is 189. The molecule has 0 aromatic heterocycles. The van der Waals surface area contributed by atoms with Crippen molar-refractivity contribution in [3.05, 3.63) is 11.8 Å². The number of piperidine rings is 1. The zero-order valence-corrected chi connectivity index (χ0v) is 5.48. The highest BCUT2D eigenvalue weighted by molar-refractivity contribution is 6.21. The molecule has 1 fully saturated rings. The van der Waals surface area contributed by atoms with Crippen LogP contribution in [0.1, 0.15) is 6.42 Å². The molecular formula is C6H9N3O. The molecule has 0 aliphatic carbocycles. The van der Waals surface area contributed by atoms with Crippen LogP contribution in [0.2, 0.25) is 0 Å². The summed E-state index contributed by atoms with van der Waals surface area (Å²) < 4.78 is 0. The average molecular weight is 139 g/mol. The fourth-order valence-corrected chi connectivity index (χ4v) is 0.844. The van der Waals surface area contributed by atoms with Crippen LogP contribution in [-0.4, -0.2) is 18.2 Å². The Morgan fingerprint density at radius 3 is 2.80 bits per heavy atom. The van der Waals surface area contributed by atoms with E-state index in [2.05, 4.69) is 5.32 Å². The SMILES string of the molecule is N=C1CCNC(=O)C1=CN. The number of amides is 1. The van der Waals surface area contributed by atoms with Gasteiger partial charge in [0.15, 0.2) is 0 Å². The van der Waals surface area contributed by atoms with E-state index >= 15 is 0 Å². The normalized spacial score (nSPS) is 23.0. The maximum Gasteiger partial charge on any atom is 0.254 e. The van der Waals surface area contributed by atoms with Crippen LogP contribution in [-0.2, 0) is 4.79 Å². The Morgan fingerprint density at radius 2 is 2.40 bits per heavy atom. The summed E-state index contributed by atoms with van der Waals surface area (Å²) in [5, 5.41) is 9.85. The number of hydrogen-bond acceptors (Lipinski definition) is 3. The topological polar surface area (TPSA) is 79.0 Å². The van der Waals surface area contributed by atoms with Crippen molar-refractivity contribution >= 4 is 11.6 Å². The fourth-order valence-electron chi connectivity index (χ4n) is 0.844. The lowest BCUT2D eigenvalue weighted by atomic mass is 10.0. The van der Waals surface area contributed by atoms with Gasteiger partial charge in [0.2, 0.25) is 0 Å². The van der Waals surface area contributed by atoms with Crippen molar-refractivity contribution in [1.82, 2.24) is 5.32 Å². The number of carbonyl (C=O) groups excluding carboxylic acids is 1. The Morgan fingerprint density at radius 1 is 1.70 bits per heavy atom. The van der Waals surface area contributed by atoms with Gasteiger partial charge in [0.25, 0.3) is 5.91 Å². The quantitative estimate of drug-likeness (QED) is 0.390. The lowest BCUT2D eigenvalue weighted by Gasteiger charge is -2.14. The molecule has 1 heterocycles. The van der Waals surface area contributed by atoms with Gasteiger partial charge in [-0.25, -0.2) is 0 Å². The molecule has 0 aromatic carbocycles. The van der Waals surface area contributed by atoms with E-state index in [1.54, 1.807) is 0 Å². The molecule has 0 aromatic rings. The van der Waals surface area contributed by atoms with E-state index in [1.807, 2.05) is 0 Å². The molecule has 4 nitrogen and oxygen atoms in total. The van der Waals surface area contributed by atoms with Crippen LogP contribution in [0, 0.1) is 5.41 Å². The lowest BCUT2D eigenvalue weighted by Crippen LogP contribution is -2.36. The maximum absolute atomic E-state index is 10.8. The Hall–Kier alpha value is -1.32. The summed E-state index contributed by atoms with van der Waals surface area (Å²) in [5.41, 5.74) is 5.74. The van der Waals surface area contributed by atoms with Crippen LogP contribution in [0.4, 0.5) is 0 Å². The molecule has 4 N–H and O–H groups in total. The third-order valence-electron chi connectivity index (χ3n) is 1.40.